The van der Waals surface area contributed by atoms with Gasteiger partial charge in [0.2, 0.25) is 0 Å². The number of hydrogen-bond donors (Lipinski definition) is 0. The molecule has 1 aromatic carbocycles. The monoisotopic (exact) mass is 517 g/mol. The molecule has 0 saturated heterocycles. The first-order valence-corrected chi connectivity index (χ1v) is 11.1. The fourth-order valence-corrected chi connectivity index (χ4v) is 3.52. The van der Waals surface area contributed by atoms with Gasteiger partial charge in [-0.15, -0.1) is 0 Å². The second kappa shape index (κ2) is 9.34. The Bertz CT molecular complexity index is 919. The van der Waals surface area contributed by atoms with E-state index < -0.39 is 0 Å². The van der Waals surface area contributed by atoms with Crippen LogP contribution in [-0.2, 0) is 6.42 Å². The van der Waals surface area contributed by atoms with Gasteiger partial charge in [0, 0.05) is 0 Å². The summed E-state index contributed by atoms with van der Waals surface area (Å²) in [5.41, 5.74) is 4.85. The normalized spacial score (nSPS) is 12.4. The zero-order valence-electron chi connectivity index (χ0n) is 13.9. The molecule has 25 heavy (non-hydrogen) atoms. The quantitative estimate of drug-likeness (QED) is 0.442. The number of benzene rings is 1. The van der Waals surface area contributed by atoms with Crippen LogP contribution in [0.3, 0.4) is 0 Å². The Kier molecular flexibility index (Phi) is 6.59. The molecular weight excluding hydrogens is 499 g/mol. The molecule has 0 N–H and O–H groups in total. The van der Waals surface area contributed by atoms with Crippen molar-refractivity contribution in [1.82, 2.24) is 4.98 Å². The molecule has 0 unspecified atom stereocenters. The molecule has 3 heteroatoms. The van der Waals surface area contributed by atoms with E-state index in [0.29, 0.717) is 0 Å². The van der Waals surface area contributed by atoms with Crippen molar-refractivity contribution >= 4 is 32.0 Å². The zero-order valence-corrected chi connectivity index (χ0v) is 17.8. The third-order valence-corrected chi connectivity index (χ3v) is 4.65. The third-order valence-electron chi connectivity index (χ3n) is 3.68. The van der Waals surface area contributed by atoms with Crippen LogP contribution < -0.4 is 0 Å². The van der Waals surface area contributed by atoms with E-state index in [0.717, 1.165) is 41.8 Å². The Morgan fingerprint density at radius 2 is 1.88 bits per heavy atom. The third kappa shape index (κ3) is 5.41. The van der Waals surface area contributed by atoms with E-state index in [2.05, 4.69) is 57.9 Å². The summed E-state index contributed by atoms with van der Waals surface area (Å²) in [6.45, 7) is 0. The molecule has 0 saturated carbocycles. The molecule has 0 amide bonds. The molecular formula is C22H17N2Pb. The molecule has 1 aliphatic rings. The number of rotatable bonds is 2. The van der Waals surface area contributed by atoms with Gasteiger partial charge >= 0.3 is 166 Å². The van der Waals surface area contributed by atoms with E-state index in [1.54, 1.807) is 6.20 Å². The van der Waals surface area contributed by atoms with E-state index in [1.165, 1.54) is 35.3 Å². The van der Waals surface area contributed by atoms with Crippen LogP contribution >= 0.6 is 0 Å². The Morgan fingerprint density at radius 1 is 0.960 bits per heavy atom. The summed E-state index contributed by atoms with van der Waals surface area (Å²) in [6.07, 6.45) is 8.90. The number of allylic oxidation sites excluding steroid dienone is 2. The molecule has 1 aromatic heterocycles. The summed E-state index contributed by atoms with van der Waals surface area (Å²) >= 11 is 1.21. The second-order valence-corrected chi connectivity index (χ2v) is 7.52. The number of hydrogen-bond acceptors (Lipinski definition) is 2. The summed E-state index contributed by atoms with van der Waals surface area (Å²) < 4.78 is 1.25. The molecule has 2 aromatic rings. The Balaban J connectivity index is 1.94. The first-order valence-electron chi connectivity index (χ1n) is 8.30. The van der Waals surface area contributed by atoms with Crippen LogP contribution in [-0.4, -0.2) is 37.0 Å². The summed E-state index contributed by atoms with van der Waals surface area (Å²) in [7, 11) is 0. The number of nitrogens with zero attached hydrogens (tertiary/aromatic N) is 2. The maximum absolute atomic E-state index is 4.34. The van der Waals surface area contributed by atoms with E-state index in [9.17, 15) is 0 Å². The van der Waals surface area contributed by atoms with Gasteiger partial charge in [-0.3, -0.25) is 0 Å². The Labute approximate surface area is 165 Å². The van der Waals surface area contributed by atoms with Crippen molar-refractivity contribution in [2.24, 2.45) is 4.99 Å². The first kappa shape index (κ1) is 17.6. The van der Waals surface area contributed by atoms with Gasteiger partial charge in [0.15, 0.2) is 0 Å². The van der Waals surface area contributed by atoms with Gasteiger partial charge in [0.25, 0.3) is 0 Å². The predicted molar refractivity (Wildman–Crippen MR) is 104 cm³/mol. The van der Waals surface area contributed by atoms with Crippen molar-refractivity contribution in [3.63, 3.8) is 0 Å². The molecule has 0 spiro atoms. The van der Waals surface area contributed by atoms with Gasteiger partial charge in [-0.1, -0.05) is 0 Å². The molecule has 0 atom stereocenters. The van der Waals surface area contributed by atoms with Crippen molar-refractivity contribution in [2.45, 2.75) is 23.2 Å². The van der Waals surface area contributed by atoms with Gasteiger partial charge < -0.3 is 0 Å². The molecule has 0 bridgehead atoms. The topological polar surface area (TPSA) is 25.2 Å². The van der Waals surface area contributed by atoms with E-state index in [-0.39, 0.29) is 0 Å². The molecule has 1 aliphatic heterocycles. The van der Waals surface area contributed by atoms with Crippen LogP contribution in [0, 0.1) is 23.7 Å². The van der Waals surface area contributed by atoms with Crippen molar-refractivity contribution in [2.75, 3.05) is 0 Å². The molecule has 3 rings (SSSR count). The van der Waals surface area contributed by atoms with Crippen LogP contribution in [0.1, 0.15) is 35.2 Å². The van der Waals surface area contributed by atoms with Crippen LogP contribution in [0.5, 0.6) is 0 Å². The molecule has 2 heterocycles. The van der Waals surface area contributed by atoms with Crippen LogP contribution in [0.2, 0.25) is 3.98 Å². The van der Waals surface area contributed by atoms with Gasteiger partial charge in [0.1, 0.15) is 0 Å². The average molecular weight is 517 g/mol. The number of aromatic nitrogens is 1. The van der Waals surface area contributed by atoms with E-state index in [4.69, 9.17) is 0 Å². The van der Waals surface area contributed by atoms with Gasteiger partial charge in [-0.25, -0.2) is 0 Å². The summed E-state index contributed by atoms with van der Waals surface area (Å²) in [5.74, 6) is 12.8. The van der Waals surface area contributed by atoms with Crippen molar-refractivity contribution in [3.05, 3.63) is 76.8 Å². The number of aliphatic imine (C=N–C) groups is 1. The fraction of sp³-hybridized carbons (Fsp3) is 0.182. The van der Waals surface area contributed by atoms with Crippen molar-refractivity contribution in [1.29, 1.82) is 0 Å². The van der Waals surface area contributed by atoms with Crippen LogP contribution in [0.25, 0.3) is 0 Å². The zero-order chi connectivity index (χ0) is 17.3. The van der Waals surface area contributed by atoms with Gasteiger partial charge in [-0.2, -0.15) is 0 Å². The second-order valence-electron chi connectivity index (χ2n) is 5.57. The minimum absolute atomic E-state index is 0.773. The van der Waals surface area contributed by atoms with Crippen LogP contribution in [0.4, 0.5) is 0 Å². The van der Waals surface area contributed by atoms with Crippen molar-refractivity contribution in [3.8, 4) is 23.7 Å². The van der Waals surface area contributed by atoms with Gasteiger partial charge in [-0.05, 0) is 0 Å². The van der Waals surface area contributed by atoms with Crippen LogP contribution in [0.15, 0.2) is 59.4 Å². The molecule has 2 nitrogen and oxygen atoms in total. The number of pyridine rings is 1. The summed E-state index contributed by atoms with van der Waals surface area (Å²) in [6, 6.07) is 12.2. The first-order chi connectivity index (χ1) is 12.3. The molecule has 119 valence electrons. The molecule has 0 fully saturated rings. The van der Waals surface area contributed by atoms with E-state index >= 15 is 0 Å². The maximum atomic E-state index is 4.34. The SMILES string of the molecule is [Pb][CH2]Cc1ccc(C#CC2=CCCC=N2)c(C#Cc2ccccn2)c1. The standard InChI is InChI=1S/C22H17N2.Pb/c1-2-18-9-10-19(11-13-21-7-3-5-15-23-21)20(17-18)12-14-22-8-4-6-16-24-22;/h4,6-10,15-17H,1-3,5H2;. The molecule has 3 radical (unpaired) electrons. The number of aryl methyl sites for hydroxylation is 1. The summed E-state index contributed by atoms with van der Waals surface area (Å²) in [4.78, 5) is 8.61. The minimum atomic E-state index is 0.773. The van der Waals surface area contributed by atoms with Gasteiger partial charge in [0.05, 0.1) is 0 Å². The Morgan fingerprint density at radius 3 is 2.64 bits per heavy atom. The predicted octanol–water partition coefficient (Wildman–Crippen LogP) is 3.71. The Hall–Kier alpha value is -2.18. The fourth-order valence-electron chi connectivity index (χ4n) is 2.40. The van der Waals surface area contributed by atoms with Crippen molar-refractivity contribution < 1.29 is 0 Å². The summed E-state index contributed by atoms with van der Waals surface area (Å²) in [5, 5.41) is 0. The van der Waals surface area contributed by atoms with E-state index in [1.807, 2.05) is 24.4 Å². The molecule has 0 aliphatic carbocycles. The average Bonchev–Trinajstić information content (AvgIpc) is 2.67.